The van der Waals surface area contributed by atoms with Crippen molar-refractivity contribution in [3.63, 3.8) is 0 Å². The first kappa shape index (κ1) is 15.6. The van der Waals surface area contributed by atoms with Crippen molar-refractivity contribution in [1.29, 1.82) is 0 Å². The fourth-order valence-electron chi connectivity index (χ4n) is 1.99. The van der Waals surface area contributed by atoms with Crippen molar-refractivity contribution in [3.8, 4) is 11.4 Å². The highest BCUT2D eigenvalue weighted by Gasteiger charge is 2.19. The van der Waals surface area contributed by atoms with E-state index in [-0.39, 0.29) is 11.2 Å². The van der Waals surface area contributed by atoms with Crippen LogP contribution in [0.15, 0.2) is 35.5 Å². The van der Waals surface area contributed by atoms with Crippen molar-refractivity contribution in [2.75, 3.05) is 6.54 Å². The van der Waals surface area contributed by atoms with E-state index in [0.717, 1.165) is 23.1 Å². The zero-order valence-corrected chi connectivity index (χ0v) is 13.4. The molecule has 1 aromatic carbocycles. The van der Waals surface area contributed by atoms with Crippen LogP contribution in [0.4, 0.5) is 0 Å². The van der Waals surface area contributed by atoms with Gasteiger partial charge in [-0.2, -0.15) is 0 Å². The van der Waals surface area contributed by atoms with Crippen molar-refractivity contribution in [2.45, 2.75) is 37.7 Å². The minimum absolute atomic E-state index is 0.0226. The minimum Gasteiger partial charge on any atom is -0.355 e. The molecule has 1 N–H and O–H groups in total. The Kier molecular flexibility index (Phi) is 5.38. The van der Waals surface area contributed by atoms with Gasteiger partial charge >= 0.3 is 0 Å². The molecule has 21 heavy (non-hydrogen) atoms. The second-order valence-electron chi connectivity index (χ2n) is 4.57. The maximum atomic E-state index is 11.8. The average Bonchev–Trinajstić information content (AvgIpc) is 2.91. The van der Waals surface area contributed by atoms with E-state index in [1.807, 2.05) is 48.7 Å². The number of amides is 1. The zero-order valence-electron chi connectivity index (χ0n) is 12.5. The van der Waals surface area contributed by atoms with E-state index in [2.05, 4.69) is 22.4 Å². The van der Waals surface area contributed by atoms with Gasteiger partial charge in [0.1, 0.15) is 0 Å². The Balaban J connectivity index is 2.22. The van der Waals surface area contributed by atoms with Crippen LogP contribution in [0.25, 0.3) is 11.4 Å². The number of nitrogens with zero attached hydrogens (tertiary/aromatic N) is 3. The summed E-state index contributed by atoms with van der Waals surface area (Å²) in [6.45, 7) is 7.25. The molecule has 0 radical (unpaired) electrons. The molecule has 0 unspecified atom stereocenters. The fourth-order valence-corrected chi connectivity index (χ4v) is 2.93. The molecule has 0 bridgehead atoms. The number of benzene rings is 1. The third-order valence-corrected chi connectivity index (χ3v) is 4.15. The standard InChI is InChI=1S/C15H20N4OS/c1-4-16-14(20)11(3)21-15-18-17-13(19(15)5-2)12-9-7-6-8-10-12/h6-11H,4-5H2,1-3H3,(H,16,20)/t11-/m0/s1. The van der Waals surface area contributed by atoms with E-state index < -0.39 is 0 Å². The Labute approximate surface area is 129 Å². The van der Waals surface area contributed by atoms with Gasteiger partial charge < -0.3 is 9.88 Å². The number of aromatic nitrogens is 3. The molecule has 0 aliphatic rings. The lowest BCUT2D eigenvalue weighted by Gasteiger charge is -2.11. The lowest BCUT2D eigenvalue weighted by Crippen LogP contribution is -2.30. The van der Waals surface area contributed by atoms with Crippen LogP contribution in [0.1, 0.15) is 20.8 Å². The molecule has 0 fully saturated rings. The van der Waals surface area contributed by atoms with Crippen LogP contribution in [-0.2, 0) is 11.3 Å². The van der Waals surface area contributed by atoms with Gasteiger partial charge in [-0.15, -0.1) is 10.2 Å². The largest absolute Gasteiger partial charge is 0.355 e. The molecule has 5 nitrogen and oxygen atoms in total. The van der Waals surface area contributed by atoms with Crippen molar-refractivity contribution in [2.24, 2.45) is 0 Å². The van der Waals surface area contributed by atoms with Crippen molar-refractivity contribution in [1.82, 2.24) is 20.1 Å². The van der Waals surface area contributed by atoms with E-state index in [9.17, 15) is 4.79 Å². The number of hydrogen-bond donors (Lipinski definition) is 1. The van der Waals surface area contributed by atoms with Gasteiger partial charge in [-0.1, -0.05) is 42.1 Å². The van der Waals surface area contributed by atoms with E-state index in [4.69, 9.17) is 0 Å². The van der Waals surface area contributed by atoms with Crippen LogP contribution in [0.5, 0.6) is 0 Å². The predicted molar refractivity (Wildman–Crippen MR) is 85.1 cm³/mol. The summed E-state index contributed by atoms with van der Waals surface area (Å²) in [4.78, 5) is 11.8. The van der Waals surface area contributed by atoms with Gasteiger partial charge in [-0.25, -0.2) is 0 Å². The van der Waals surface area contributed by atoms with Crippen LogP contribution in [0, 0.1) is 0 Å². The maximum Gasteiger partial charge on any atom is 0.233 e. The van der Waals surface area contributed by atoms with Gasteiger partial charge in [0.15, 0.2) is 11.0 Å². The Hall–Kier alpha value is -1.82. The quantitative estimate of drug-likeness (QED) is 0.833. The third-order valence-electron chi connectivity index (χ3n) is 3.07. The molecule has 0 spiro atoms. The van der Waals surface area contributed by atoms with Gasteiger partial charge in [0, 0.05) is 18.7 Å². The number of nitrogens with one attached hydrogen (secondary N) is 1. The third kappa shape index (κ3) is 3.64. The molecule has 1 heterocycles. The van der Waals surface area contributed by atoms with Crippen LogP contribution < -0.4 is 5.32 Å². The number of carbonyl (C=O) groups excluding carboxylic acids is 1. The summed E-state index contributed by atoms with van der Waals surface area (Å²) in [5, 5.41) is 11.9. The van der Waals surface area contributed by atoms with Gasteiger partial charge in [0.25, 0.3) is 0 Å². The molecule has 1 atom stereocenters. The Morgan fingerprint density at radius 2 is 2.00 bits per heavy atom. The SMILES string of the molecule is CCNC(=O)[C@H](C)Sc1nnc(-c2ccccc2)n1CC. The number of carbonyl (C=O) groups is 1. The maximum absolute atomic E-state index is 11.8. The molecule has 2 aromatic rings. The molecule has 1 aromatic heterocycles. The smallest absolute Gasteiger partial charge is 0.233 e. The Bertz CT molecular complexity index is 597. The zero-order chi connectivity index (χ0) is 15.2. The van der Waals surface area contributed by atoms with E-state index in [1.165, 1.54) is 11.8 Å². The summed E-state index contributed by atoms with van der Waals surface area (Å²) in [6, 6.07) is 9.96. The molecule has 1 amide bonds. The topological polar surface area (TPSA) is 59.8 Å². The number of hydrogen-bond acceptors (Lipinski definition) is 4. The van der Waals surface area contributed by atoms with Crippen molar-refractivity contribution >= 4 is 17.7 Å². The first-order valence-electron chi connectivity index (χ1n) is 7.10. The summed E-state index contributed by atoms with van der Waals surface area (Å²) in [6.07, 6.45) is 0. The lowest BCUT2D eigenvalue weighted by molar-refractivity contribution is -0.120. The highest BCUT2D eigenvalue weighted by Crippen LogP contribution is 2.26. The normalized spacial score (nSPS) is 12.1. The van der Waals surface area contributed by atoms with E-state index in [1.54, 1.807) is 0 Å². The fraction of sp³-hybridized carbons (Fsp3) is 0.400. The summed E-state index contributed by atoms with van der Waals surface area (Å²) in [7, 11) is 0. The second-order valence-corrected chi connectivity index (χ2v) is 5.88. The van der Waals surface area contributed by atoms with Gasteiger partial charge in [0.2, 0.25) is 5.91 Å². The van der Waals surface area contributed by atoms with Gasteiger partial charge in [-0.3, -0.25) is 4.79 Å². The second kappa shape index (κ2) is 7.26. The molecule has 2 rings (SSSR count). The molecular formula is C15H20N4OS. The molecule has 0 saturated carbocycles. The first-order valence-corrected chi connectivity index (χ1v) is 7.98. The molecular weight excluding hydrogens is 284 g/mol. The molecule has 0 aliphatic heterocycles. The minimum atomic E-state index is -0.192. The summed E-state index contributed by atoms with van der Waals surface area (Å²) < 4.78 is 2.04. The van der Waals surface area contributed by atoms with Crippen LogP contribution in [0.2, 0.25) is 0 Å². The van der Waals surface area contributed by atoms with E-state index in [0.29, 0.717) is 6.54 Å². The number of thioether (sulfide) groups is 1. The van der Waals surface area contributed by atoms with Crippen molar-refractivity contribution in [3.05, 3.63) is 30.3 Å². The van der Waals surface area contributed by atoms with Crippen LogP contribution in [0.3, 0.4) is 0 Å². The van der Waals surface area contributed by atoms with Crippen LogP contribution >= 0.6 is 11.8 Å². The molecule has 0 saturated heterocycles. The average molecular weight is 304 g/mol. The Morgan fingerprint density at radius 1 is 1.29 bits per heavy atom. The Morgan fingerprint density at radius 3 is 2.62 bits per heavy atom. The molecule has 6 heteroatoms. The van der Waals surface area contributed by atoms with E-state index >= 15 is 0 Å². The van der Waals surface area contributed by atoms with Gasteiger partial charge in [0.05, 0.1) is 5.25 Å². The molecule has 0 aliphatic carbocycles. The number of rotatable bonds is 6. The highest BCUT2D eigenvalue weighted by molar-refractivity contribution is 8.00. The predicted octanol–water partition coefficient (Wildman–Crippen LogP) is 2.58. The summed E-state index contributed by atoms with van der Waals surface area (Å²) >= 11 is 1.44. The summed E-state index contributed by atoms with van der Waals surface area (Å²) in [5.74, 6) is 0.859. The first-order chi connectivity index (χ1) is 10.2. The monoisotopic (exact) mass is 304 g/mol. The lowest BCUT2D eigenvalue weighted by atomic mass is 10.2. The highest BCUT2D eigenvalue weighted by atomic mass is 32.2. The van der Waals surface area contributed by atoms with Crippen LogP contribution in [-0.4, -0.2) is 32.5 Å². The summed E-state index contributed by atoms with van der Waals surface area (Å²) in [5.41, 5.74) is 1.03. The molecule has 112 valence electrons. The van der Waals surface area contributed by atoms with Crippen molar-refractivity contribution < 1.29 is 4.79 Å². The van der Waals surface area contributed by atoms with Gasteiger partial charge in [-0.05, 0) is 20.8 Å².